The van der Waals surface area contributed by atoms with Crippen LogP contribution in [0.2, 0.25) is 0 Å². The number of aliphatic hydroxyl groups is 1. The van der Waals surface area contributed by atoms with Crippen LogP contribution in [0.25, 0.3) is 0 Å². The Balaban J connectivity index is 3.07. The first-order chi connectivity index (χ1) is 6.56. The standard InChI is InChI=1S/C12H18O2/c1-8-5-9(2)12(10(3)6-8)11(13)7-14-4/h5-6,11,13H,7H2,1-4H3. The number of aryl methyl sites for hydroxylation is 3. The largest absolute Gasteiger partial charge is 0.386 e. The third kappa shape index (κ3) is 2.34. The van der Waals surface area contributed by atoms with Crippen LogP contribution in [0.4, 0.5) is 0 Å². The van der Waals surface area contributed by atoms with Crippen molar-refractivity contribution in [2.75, 3.05) is 13.7 Å². The van der Waals surface area contributed by atoms with Crippen molar-refractivity contribution in [1.82, 2.24) is 0 Å². The maximum absolute atomic E-state index is 9.85. The summed E-state index contributed by atoms with van der Waals surface area (Å²) in [4.78, 5) is 0. The summed E-state index contributed by atoms with van der Waals surface area (Å²) >= 11 is 0. The summed E-state index contributed by atoms with van der Waals surface area (Å²) in [5.41, 5.74) is 4.49. The van der Waals surface area contributed by atoms with Gasteiger partial charge >= 0.3 is 0 Å². The summed E-state index contributed by atoms with van der Waals surface area (Å²) in [7, 11) is 1.60. The van der Waals surface area contributed by atoms with Crippen molar-refractivity contribution >= 4 is 0 Å². The van der Waals surface area contributed by atoms with Crippen molar-refractivity contribution in [1.29, 1.82) is 0 Å². The molecule has 1 unspecified atom stereocenters. The van der Waals surface area contributed by atoms with Gasteiger partial charge in [-0.15, -0.1) is 0 Å². The second-order valence-electron chi connectivity index (χ2n) is 3.78. The Morgan fingerprint density at radius 3 is 2.14 bits per heavy atom. The molecule has 2 nitrogen and oxygen atoms in total. The molecular formula is C12H18O2. The van der Waals surface area contributed by atoms with Crippen LogP contribution in [0, 0.1) is 20.8 Å². The molecule has 0 fully saturated rings. The van der Waals surface area contributed by atoms with Crippen molar-refractivity contribution in [3.63, 3.8) is 0 Å². The Bertz CT molecular complexity index is 295. The van der Waals surface area contributed by atoms with Gasteiger partial charge < -0.3 is 9.84 Å². The van der Waals surface area contributed by atoms with E-state index >= 15 is 0 Å². The highest BCUT2D eigenvalue weighted by Crippen LogP contribution is 2.23. The number of hydrogen-bond acceptors (Lipinski definition) is 2. The molecule has 0 bridgehead atoms. The van der Waals surface area contributed by atoms with E-state index in [0.29, 0.717) is 6.61 Å². The van der Waals surface area contributed by atoms with E-state index in [1.807, 2.05) is 13.8 Å². The molecule has 1 N–H and O–H groups in total. The SMILES string of the molecule is COCC(O)c1c(C)cc(C)cc1C. The van der Waals surface area contributed by atoms with Crippen LogP contribution >= 0.6 is 0 Å². The molecule has 0 spiro atoms. The second-order valence-corrected chi connectivity index (χ2v) is 3.78. The van der Waals surface area contributed by atoms with Crippen LogP contribution in [0.1, 0.15) is 28.4 Å². The van der Waals surface area contributed by atoms with Crippen LogP contribution in [0.15, 0.2) is 12.1 Å². The van der Waals surface area contributed by atoms with Gasteiger partial charge in [0, 0.05) is 7.11 Å². The summed E-state index contributed by atoms with van der Waals surface area (Å²) < 4.78 is 4.95. The monoisotopic (exact) mass is 194 g/mol. The van der Waals surface area contributed by atoms with Gasteiger partial charge in [-0.2, -0.15) is 0 Å². The lowest BCUT2D eigenvalue weighted by Gasteiger charge is -2.16. The Kier molecular flexibility index (Phi) is 3.67. The number of aliphatic hydroxyl groups excluding tert-OH is 1. The lowest BCUT2D eigenvalue weighted by Crippen LogP contribution is -2.09. The van der Waals surface area contributed by atoms with Crippen LogP contribution in [0.3, 0.4) is 0 Å². The smallest absolute Gasteiger partial charge is 0.103 e. The number of hydrogen-bond donors (Lipinski definition) is 1. The molecule has 2 heteroatoms. The Morgan fingerprint density at radius 1 is 1.21 bits per heavy atom. The van der Waals surface area contributed by atoms with E-state index in [1.165, 1.54) is 5.56 Å². The van der Waals surface area contributed by atoms with Gasteiger partial charge in [-0.3, -0.25) is 0 Å². The second kappa shape index (κ2) is 4.58. The molecular weight excluding hydrogens is 176 g/mol. The summed E-state index contributed by atoms with van der Waals surface area (Å²) in [5, 5.41) is 9.85. The van der Waals surface area contributed by atoms with Crippen LogP contribution < -0.4 is 0 Å². The molecule has 0 saturated heterocycles. The first kappa shape index (κ1) is 11.2. The van der Waals surface area contributed by atoms with Gasteiger partial charge in [-0.1, -0.05) is 17.7 Å². The van der Waals surface area contributed by atoms with Crippen LogP contribution in [-0.4, -0.2) is 18.8 Å². The molecule has 1 rings (SSSR count). The summed E-state index contributed by atoms with van der Waals surface area (Å²) in [6, 6.07) is 4.17. The number of methoxy groups -OCH3 is 1. The van der Waals surface area contributed by atoms with Gasteiger partial charge in [-0.25, -0.2) is 0 Å². The minimum Gasteiger partial charge on any atom is -0.386 e. The Hall–Kier alpha value is -0.860. The van der Waals surface area contributed by atoms with E-state index in [4.69, 9.17) is 4.74 Å². The molecule has 0 aliphatic rings. The fraction of sp³-hybridized carbons (Fsp3) is 0.500. The van der Waals surface area contributed by atoms with Gasteiger partial charge in [0.1, 0.15) is 6.10 Å². The first-order valence-corrected chi connectivity index (χ1v) is 4.81. The van der Waals surface area contributed by atoms with E-state index < -0.39 is 6.10 Å². The molecule has 78 valence electrons. The van der Waals surface area contributed by atoms with Crippen molar-refractivity contribution in [3.05, 3.63) is 34.4 Å². The zero-order valence-corrected chi connectivity index (χ0v) is 9.29. The van der Waals surface area contributed by atoms with E-state index in [9.17, 15) is 5.11 Å². The number of benzene rings is 1. The van der Waals surface area contributed by atoms with Gasteiger partial charge in [0.15, 0.2) is 0 Å². The van der Waals surface area contributed by atoms with Crippen molar-refractivity contribution < 1.29 is 9.84 Å². The quantitative estimate of drug-likeness (QED) is 0.800. The minimum atomic E-state index is -0.513. The van der Waals surface area contributed by atoms with Crippen molar-refractivity contribution in [2.45, 2.75) is 26.9 Å². The molecule has 1 aromatic carbocycles. The number of rotatable bonds is 3. The summed E-state index contributed by atoms with van der Waals surface area (Å²) in [5.74, 6) is 0. The molecule has 1 atom stereocenters. The highest BCUT2D eigenvalue weighted by molar-refractivity contribution is 5.38. The Morgan fingerprint density at radius 2 is 1.71 bits per heavy atom. The van der Waals surface area contributed by atoms with E-state index in [1.54, 1.807) is 7.11 Å². The van der Waals surface area contributed by atoms with Crippen molar-refractivity contribution in [3.8, 4) is 0 Å². The lowest BCUT2D eigenvalue weighted by atomic mass is 9.96. The normalized spacial score (nSPS) is 12.9. The Labute approximate surface area is 85.5 Å². The molecule has 0 heterocycles. The third-order valence-corrected chi connectivity index (χ3v) is 2.40. The molecule has 0 radical (unpaired) electrons. The molecule has 1 aromatic rings. The summed E-state index contributed by atoms with van der Waals surface area (Å²) in [6.07, 6.45) is -0.513. The zero-order valence-electron chi connectivity index (χ0n) is 9.29. The molecule has 0 saturated carbocycles. The van der Waals surface area contributed by atoms with Gasteiger partial charge in [0.25, 0.3) is 0 Å². The fourth-order valence-corrected chi connectivity index (χ4v) is 1.96. The molecule has 0 amide bonds. The van der Waals surface area contributed by atoms with Crippen molar-refractivity contribution in [2.24, 2.45) is 0 Å². The molecule has 0 aliphatic carbocycles. The number of ether oxygens (including phenoxy) is 1. The predicted molar refractivity (Wildman–Crippen MR) is 57.5 cm³/mol. The topological polar surface area (TPSA) is 29.5 Å². The van der Waals surface area contributed by atoms with E-state index in [-0.39, 0.29) is 0 Å². The van der Waals surface area contributed by atoms with Crippen LogP contribution in [-0.2, 0) is 4.74 Å². The minimum absolute atomic E-state index is 0.352. The molecule has 0 aliphatic heterocycles. The van der Waals surface area contributed by atoms with E-state index in [0.717, 1.165) is 16.7 Å². The summed E-state index contributed by atoms with van der Waals surface area (Å²) in [6.45, 7) is 6.46. The predicted octanol–water partition coefficient (Wildman–Crippen LogP) is 2.29. The average molecular weight is 194 g/mol. The van der Waals surface area contributed by atoms with Crippen LogP contribution in [0.5, 0.6) is 0 Å². The third-order valence-electron chi connectivity index (χ3n) is 2.40. The maximum Gasteiger partial charge on any atom is 0.103 e. The zero-order chi connectivity index (χ0) is 10.7. The first-order valence-electron chi connectivity index (χ1n) is 4.81. The molecule has 0 aromatic heterocycles. The van der Waals surface area contributed by atoms with Gasteiger partial charge in [0.2, 0.25) is 0 Å². The molecule has 14 heavy (non-hydrogen) atoms. The van der Waals surface area contributed by atoms with E-state index in [2.05, 4.69) is 19.1 Å². The average Bonchev–Trinajstić information content (AvgIpc) is 2.01. The lowest BCUT2D eigenvalue weighted by molar-refractivity contribution is 0.0636. The highest BCUT2D eigenvalue weighted by atomic mass is 16.5. The van der Waals surface area contributed by atoms with Gasteiger partial charge in [0.05, 0.1) is 6.61 Å². The fourth-order valence-electron chi connectivity index (χ4n) is 1.96. The highest BCUT2D eigenvalue weighted by Gasteiger charge is 2.12. The maximum atomic E-state index is 9.85. The van der Waals surface area contributed by atoms with Gasteiger partial charge in [-0.05, 0) is 37.5 Å².